The Balaban J connectivity index is 1.48. The maximum Gasteiger partial charge on any atom is 0.341 e. The van der Waals surface area contributed by atoms with Gasteiger partial charge >= 0.3 is 5.97 Å². The molecule has 1 N–H and O–H groups in total. The highest BCUT2D eigenvalue weighted by molar-refractivity contribution is 5.97. The molecule has 2 aliphatic rings. The minimum atomic E-state index is -1.12. The number of nitrogens with zero attached hydrogens (tertiary/aromatic N) is 2. The Kier molecular flexibility index (Phi) is 7.62. The maximum absolute atomic E-state index is 13.8. The van der Waals surface area contributed by atoms with Gasteiger partial charge in [-0.05, 0) is 61.4 Å². The Morgan fingerprint density at radius 1 is 1.14 bits per heavy atom. The van der Waals surface area contributed by atoms with Crippen molar-refractivity contribution in [1.29, 1.82) is 0 Å². The van der Waals surface area contributed by atoms with E-state index in [1.807, 2.05) is 11.0 Å². The summed E-state index contributed by atoms with van der Waals surface area (Å²) in [6.45, 7) is 5.16. The number of carboxylic acids is 1. The van der Waals surface area contributed by atoms with E-state index in [0.717, 1.165) is 5.56 Å². The maximum atomic E-state index is 13.8. The third kappa shape index (κ3) is 5.53. The SMILES string of the molecule is CC(C)CN1C(=O)C2(CCN(C(=O)c3ccccc3OCC(=O)O)CC2)CC1Cc1cccc(F)c1. The van der Waals surface area contributed by atoms with E-state index in [4.69, 9.17) is 9.84 Å². The van der Waals surface area contributed by atoms with E-state index in [2.05, 4.69) is 13.8 Å². The summed E-state index contributed by atoms with van der Waals surface area (Å²) in [5.41, 5.74) is 0.672. The molecule has 0 bridgehead atoms. The largest absolute Gasteiger partial charge is 0.481 e. The molecule has 7 nitrogen and oxygen atoms in total. The number of para-hydroxylation sites is 1. The van der Waals surface area contributed by atoms with Crippen molar-refractivity contribution in [1.82, 2.24) is 9.80 Å². The molecule has 0 aromatic heterocycles. The number of hydrogen-bond acceptors (Lipinski definition) is 4. The first-order valence-corrected chi connectivity index (χ1v) is 12.5. The zero-order chi connectivity index (χ0) is 25.9. The van der Waals surface area contributed by atoms with Crippen LogP contribution in [-0.4, -0.2) is 65.0 Å². The predicted molar refractivity (Wildman–Crippen MR) is 132 cm³/mol. The Morgan fingerprint density at radius 3 is 2.53 bits per heavy atom. The summed E-state index contributed by atoms with van der Waals surface area (Å²) in [4.78, 5) is 41.6. The highest BCUT2D eigenvalue weighted by Gasteiger charge is 2.52. The number of likely N-dealkylation sites (tertiary alicyclic amines) is 2. The second-order valence-corrected chi connectivity index (χ2v) is 10.3. The van der Waals surface area contributed by atoms with Crippen molar-refractivity contribution in [3.8, 4) is 5.75 Å². The molecule has 8 heteroatoms. The number of piperidine rings is 1. The van der Waals surface area contributed by atoms with Crippen LogP contribution >= 0.6 is 0 Å². The van der Waals surface area contributed by atoms with E-state index in [1.165, 1.54) is 12.1 Å². The molecule has 0 aliphatic carbocycles. The van der Waals surface area contributed by atoms with Crippen LogP contribution in [0.15, 0.2) is 48.5 Å². The minimum Gasteiger partial charge on any atom is -0.481 e. The Labute approximate surface area is 210 Å². The summed E-state index contributed by atoms with van der Waals surface area (Å²) in [5.74, 6) is -0.943. The summed E-state index contributed by atoms with van der Waals surface area (Å²) < 4.78 is 19.1. The lowest BCUT2D eigenvalue weighted by Crippen LogP contribution is -2.47. The van der Waals surface area contributed by atoms with Gasteiger partial charge in [-0.15, -0.1) is 0 Å². The average molecular weight is 497 g/mol. The number of rotatable bonds is 8. The van der Waals surface area contributed by atoms with Crippen molar-refractivity contribution in [3.05, 3.63) is 65.5 Å². The van der Waals surface area contributed by atoms with Crippen LogP contribution < -0.4 is 4.74 Å². The van der Waals surface area contributed by atoms with Crippen molar-refractivity contribution in [2.24, 2.45) is 11.3 Å². The van der Waals surface area contributed by atoms with Crippen molar-refractivity contribution in [2.45, 2.75) is 45.6 Å². The van der Waals surface area contributed by atoms with Crippen LogP contribution in [0.3, 0.4) is 0 Å². The molecular weight excluding hydrogens is 463 g/mol. The van der Waals surface area contributed by atoms with E-state index >= 15 is 0 Å². The zero-order valence-corrected chi connectivity index (χ0v) is 20.8. The number of amides is 2. The van der Waals surface area contributed by atoms with Crippen molar-refractivity contribution < 1.29 is 28.6 Å². The molecule has 1 spiro atoms. The minimum absolute atomic E-state index is 0.00547. The molecule has 36 heavy (non-hydrogen) atoms. The van der Waals surface area contributed by atoms with Gasteiger partial charge in [0.2, 0.25) is 5.91 Å². The molecule has 2 aliphatic heterocycles. The molecule has 2 heterocycles. The smallest absolute Gasteiger partial charge is 0.341 e. The molecule has 0 radical (unpaired) electrons. The van der Waals surface area contributed by atoms with E-state index in [0.29, 0.717) is 56.8 Å². The average Bonchev–Trinajstić information content (AvgIpc) is 3.08. The van der Waals surface area contributed by atoms with Gasteiger partial charge in [-0.3, -0.25) is 9.59 Å². The number of carboxylic acid groups (broad SMARTS) is 1. The number of carbonyl (C=O) groups is 3. The molecule has 4 rings (SSSR count). The lowest BCUT2D eigenvalue weighted by atomic mass is 9.75. The first-order chi connectivity index (χ1) is 17.2. The molecule has 2 aromatic rings. The molecule has 2 amide bonds. The first kappa shape index (κ1) is 25.7. The van der Waals surface area contributed by atoms with Crippen molar-refractivity contribution in [3.63, 3.8) is 0 Å². The number of halogens is 1. The van der Waals surface area contributed by atoms with E-state index < -0.39 is 18.0 Å². The van der Waals surface area contributed by atoms with Gasteiger partial charge in [-0.1, -0.05) is 38.1 Å². The third-order valence-corrected chi connectivity index (χ3v) is 7.18. The zero-order valence-electron chi connectivity index (χ0n) is 20.8. The van der Waals surface area contributed by atoms with Crippen LogP contribution in [0.1, 0.15) is 49.0 Å². The molecule has 2 fully saturated rings. The van der Waals surface area contributed by atoms with Gasteiger partial charge < -0.3 is 19.6 Å². The van der Waals surface area contributed by atoms with Crippen LogP contribution in [0, 0.1) is 17.2 Å². The molecule has 192 valence electrons. The van der Waals surface area contributed by atoms with Crippen LogP contribution in [0.5, 0.6) is 5.75 Å². The van der Waals surface area contributed by atoms with Gasteiger partial charge in [0.1, 0.15) is 11.6 Å². The van der Waals surface area contributed by atoms with Crippen LogP contribution in [0.2, 0.25) is 0 Å². The van der Waals surface area contributed by atoms with E-state index in [1.54, 1.807) is 35.2 Å². The predicted octanol–water partition coefficient (Wildman–Crippen LogP) is 4.01. The van der Waals surface area contributed by atoms with Gasteiger partial charge in [0.25, 0.3) is 5.91 Å². The lowest BCUT2D eigenvalue weighted by Gasteiger charge is -2.38. The normalized spacial score (nSPS) is 19.2. The fourth-order valence-electron chi connectivity index (χ4n) is 5.50. The molecule has 0 saturated carbocycles. The van der Waals surface area contributed by atoms with Crippen LogP contribution in [-0.2, 0) is 16.0 Å². The van der Waals surface area contributed by atoms with Gasteiger partial charge in [-0.2, -0.15) is 0 Å². The number of ether oxygens (including phenoxy) is 1. The quantitative estimate of drug-likeness (QED) is 0.597. The van der Waals surface area contributed by atoms with Gasteiger partial charge in [-0.25, -0.2) is 9.18 Å². The molecular formula is C28H33FN2O5. The van der Waals surface area contributed by atoms with Crippen LogP contribution in [0.25, 0.3) is 0 Å². The fourth-order valence-corrected chi connectivity index (χ4v) is 5.50. The number of aliphatic carboxylic acids is 1. The topological polar surface area (TPSA) is 87.2 Å². The Morgan fingerprint density at radius 2 is 1.86 bits per heavy atom. The Bertz CT molecular complexity index is 1130. The van der Waals surface area contributed by atoms with Gasteiger partial charge in [0, 0.05) is 25.7 Å². The number of hydrogen-bond donors (Lipinski definition) is 1. The molecule has 2 aromatic carbocycles. The summed E-state index contributed by atoms with van der Waals surface area (Å²) in [6, 6.07) is 13.2. The summed E-state index contributed by atoms with van der Waals surface area (Å²) in [6.07, 6.45) is 2.41. The second kappa shape index (κ2) is 10.7. The lowest BCUT2D eigenvalue weighted by molar-refractivity contribution is -0.140. The van der Waals surface area contributed by atoms with E-state index in [-0.39, 0.29) is 29.4 Å². The third-order valence-electron chi connectivity index (χ3n) is 7.18. The van der Waals surface area contributed by atoms with Crippen molar-refractivity contribution in [2.75, 3.05) is 26.2 Å². The number of carbonyl (C=O) groups excluding carboxylic acids is 2. The van der Waals surface area contributed by atoms with Gasteiger partial charge in [0.05, 0.1) is 11.0 Å². The van der Waals surface area contributed by atoms with Gasteiger partial charge in [0.15, 0.2) is 6.61 Å². The summed E-state index contributed by atoms with van der Waals surface area (Å²) in [5, 5.41) is 8.92. The summed E-state index contributed by atoms with van der Waals surface area (Å²) in [7, 11) is 0. The fraction of sp³-hybridized carbons (Fsp3) is 0.464. The monoisotopic (exact) mass is 496 g/mol. The molecule has 1 unspecified atom stereocenters. The van der Waals surface area contributed by atoms with Crippen LogP contribution in [0.4, 0.5) is 4.39 Å². The summed E-state index contributed by atoms with van der Waals surface area (Å²) >= 11 is 0. The number of benzene rings is 2. The Hall–Kier alpha value is -3.42. The highest BCUT2D eigenvalue weighted by Crippen LogP contribution is 2.46. The molecule has 1 atom stereocenters. The van der Waals surface area contributed by atoms with E-state index in [9.17, 15) is 18.8 Å². The standard InChI is InChI=1S/C28H33FN2O5/c1-19(2)17-31-22(15-20-6-5-7-21(29)14-20)16-28(27(31)35)10-12-30(13-11-28)26(34)23-8-3-4-9-24(23)36-18-25(32)33/h3-9,14,19,22H,10-13,15-18H2,1-2H3,(H,32,33). The highest BCUT2D eigenvalue weighted by atomic mass is 19.1. The second-order valence-electron chi connectivity index (χ2n) is 10.3. The van der Waals surface area contributed by atoms with Crippen molar-refractivity contribution >= 4 is 17.8 Å². The first-order valence-electron chi connectivity index (χ1n) is 12.5. The molecule has 2 saturated heterocycles.